The molecule has 0 aromatic heterocycles. The first-order valence-electron chi connectivity index (χ1n) is 10.1. The number of hydrogen-bond donors (Lipinski definition) is 1. The van der Waals surface area contributed by atoms with Crippen LogP contribution in [0.15, 0.2) is 48.5 Å². The number of amides is 1. The number of piperidine rings is 1. The van der Waals surface area contributed by atoms with Gasteiger partial charge in [0.15, 0.2) is 0 Å². The number of likely N-dealkylation sites (tertiary alicyclic amines) is 1. The first-order valence-corrected chi connectivity index (χ1v) is 10.1. The van der Waals surface area contributed by atoms with E-state index in [9.17, 15) is 4.79 Å². The highest BCUT2D eigenvalue weighted by molar-refractivity contribution is 5.70. The Labute approximate surface area is 161 Å². The molecule has 1 amide bonds. The van der Waals surface area contributed by atoms with Crippen LogP contribution in [0.5, 0.6) is 0 Å². The zero-order valence-corrected chi connectivity index (χ0v) is 16.0. The zero-order valence-electron chi connectivity index (χ0n) is 16.0. The molecule has 4 heteroatoms. The Kier molecular flexibility index (Phi) is 5.33. The quantitative estimate of drug-likeness (QED) is 0.691. The van der Waals surface area contributed by atoms with Crippen molar-refractivity contribution in [3.05, 3.63) is 65.2 Å². The minimum absolute atomic E-state index is 0.148. The molecule has 1 fully saturated rings. The van der Waals surface area contributed by atoms with E-state index in [0.717, 1.165) is 37.2 Å². The average Bonchev–Trinajstić information content (AvgIpc) is 2.99. The van der Waals surface area contributed by atoms with Gasteiger partial charge in [-0.05, 0) is 54.0 Å². The maximum atomic E-state index is 12.8. The number of carbonyl (C=O) groups excluding carboxylic acids is 1. The largest absolute Gasteiger partial charge is 0.445 e. The van der Waals surface area contributed by atoms with E-state index >= 15 is 0 Å². The van der Waals surface area contributed by atoms with Gasteiger partial charge in [0, 0.05) is 18.8 Å². The lowest BCUT2D eigenvalue weighted by Crippen LogP contribution is -2.37. The average molecular weight is 364 g/mol. The molecular formula is C23H28N2O2. The van der Waals surface area contributed by atoms with Gasteiger partial charge >= 0.3 is 6.09 Å². The summed E-state index contributed by atoms with van der Waals surface area (Å²) in [4.78, 5) is 14.7. The first-order chi connectivity index (χ1) is 13.3. The Hall–Kier alpha value is -2.49. The number of anilines is 1. The highest BCUT2D eigenvalue weighted by atomic mass is 16.6. The Balaban J connectivity index is 1.46. The molecule has 4 nitrogen and oxygen atoms in total. The van der Waals surface area contributed by atoms with Crippen molar-refractivity contribution in [2.45, 2.75) is 51.2 Å². The van der Waals surface area contributed by atoms with E-state index in [4.69, 9.17) is 4.74 Å². The van der Waals surface area contributed by atoms with E-state index in [1.54, 1.807) is 0 Å². The number of nitrogens with one attached hydrogen (secondary N) is 1. The molecule has 4 rings (SSSR count). The van der Waals surface area contributed by atoms with Gasteiger partial charge in [-0.15, -0.1) is 0 Å². The smallest absolute Gasteiger partial charge is 0.410 e. The first kappa shape index (κ1) is 17.9. The van der Waals surface area contributed by atoms with Gasteiger partial charge in [-0.3, -0.25) is 0 Å². The van der Waals surface area contributed by atoms with Gasteiger partial charge in [0.1, 0.15) is 6.61 Å². The van der Waals surface area contributed by atoms with Gasteiger partial charge in [-0.2, -0.15) is 0 Å². The summed E-state index contributed by atoms with van der Waals surface area (Å²) < 4.78 is 5.61. The van der Waals surface area contributed by atoms with Gasteiger partial charge in [-0.1, -0.05) is 49.7 Å². The Morgan fingerprint density at radius 1 is 1.19 bits per heavy atom. The molecule has 0 saturated carbocycles. The standard InChI is InChI=1S/C23H28N2O2/c1-2-3-12-24-19-9-10-20-18-11-13-25(22(14-18)21(20)15-19)23(26)27-16-17-7-5-4-6-8-17/h4-10,15,18,22,24H,2-3,11-14,16H2,1H3/t18?,22-/m1/s1. The third-order valence-electron chi connectivity index (χ3n) is 5.79. The number of unbranched alkanes of at least 4 members (excludes halogenated alkanes) is 1. The van der Waals surface area contributed by atoms with E-state index < -0.39 is 0 Å². The van der Waals surface area contributed by atoms with Crippen molar-refractivity contribution < 1.29 is 9.53 Å². The predicted molar refractivity (Wildman–Crippen MR) is 108 cm³/mol. The minimum Gasteiger partial charge on any atom is -0.445 e. The van der Waals surface area contributed by atoms with Crippen LogP contribution in [0.1, 0.15) is 61.3 Å². The van der Waals surface area contributed by atoms with Crippen LogP contribution in [0.4, 0.5) is 10.5 Å². The fourth-order valence-corrected chi connectivity index (χ4v) is 4.32. The van der Waals surface area contributed by atoms with Gasteiger partial charge in [0.2, 0.25) is 0 Å². The molecule has 2 bridgehead atoms. The van der Waals surface area contributed by atoms with Crippen molar-refractivity contribution in [1.29, 1.82) is 0 Å². The molecule has 2 aromatic carbocycles. The maximum absolute atomic E-state index is 12.8. The van der Waals surface area contributed by atoms with Crippen LogP contribution in [-0.2, 0) is 11.3 Å². The van der Waals surface area contributed by atoms with Crippen molar-refractivity contribution in [2.75, 3.05) is 18.4 Å². The van der Waals surface area contributed by atoms with Gasteiger partial charge in [0.25, 0.3) is 0 Å². The summed E-state index contributed by atoms with van der Waals surface area (Å²) in [6.45, 7) is 4.30. The number of hydrogen-bond acceptors (Lipinski definition) is 3. The molecule has 1 aliphatic carbocycles. The molecular weight excluding hydrogens is 336 g/mol. The zero-order chi connectivity index (χ0) is 18.6. The number of ether oxygens (including phenoxy) is 1. The van der Waals surface area contributed by atoms with Crippen LogP contribution in [0.25, 0.3) is 0 Å². The molecule has 2 aliphatic rings. The van der Waals surface area contributed by atoms with Crippen LogP contribution in [0.2, 0.25) is 0 Å². The summed E-state index contributed by atoms with van der Waals surface area (Å²) in [6.07, 6.45) is 4.20. The Bertz CT molecular complexity index is 790. The number of fused-ring (bicyclic) bond motifs is 5. The molecule has 1 saturated heterocycles. The third-order valence-corrected chi connectivity index (χ3v) is 5.79. The summed E-state index contributed by atoms with van der Waals surface area (Å²) >= 11 is 0. The minimum atomic E-state index is -0.195. The van der Waals surface area contributed by atoms with Crippen molar-refractivity contribution in [1.82, 2.24) is 4.90 Å². The Morgan fingerprint density at radius 3 is 2.85 bits per heavy atom. The molecule has 2 atom stereocenters. The second kappa shape index (κ2) is 8.03. The van der Waals surface area contributed by atoms with Crippen LogP contribution >= 0.6 is 0 Å². The van der Waals surface area contributed by atoms with Crippen molar-refractivity contribution in [3.8, 4) is 0 Å². The van der Waals surface area contributed by atoms with E-state index in [1.807, 2.05) is 35.2 Å². The van der Waals surface area contributed by atoms with E-state index in [-0.39, 0.29) is 12.1 Å². The molecule has 27 heavy (non-hydrogen) atoms. The Morgan fingerprint density at radius 2 is 2.04 bits per heavy atom. The van der Waals surface area contributed by atoms with Crippen LogP contribution in [0, 0.1) is 0 Å². The highest BCUT2D eigenvalue weighted by Gasteiger charge is 2.41. The fourth-order valence-electron chi connectivity index (χ4n) is 4.32. The predicted octanol–water partition coefficient (Wildman–Crippen LogP) is 5.47. The molecule has 0 radical (unpaired) electrons. The third kappa shape index (κ3) is 3.80. The van der Waals surface area contributed by atoms with Crippen LogP contribution < -0.4 is 5.32 Å². The summed E-state index contributed by atoms with van der Waals surface area (Å²) in [7, 11) is 0. The lowest BCUT2D eigenvalue weighted by Gasteiger charge is -2.33. The fraction of sp³-hybridized carbons (Fsp3) is 0.435. The summed E-state index contributed by atoms with van der Waals surface area (Å²) in [5, 5.41) is 3.51. The molecule has 1 N–H and O–H groups in total. The molecule has 2 aromatic rings. The SMILES string of the molecule is CCCCNc1ccc2c(c1)[C@H]1CC2CCN1C(=O)OCc1ccccc1. The van der Waals surface area contributed by atoms with Crippen molar-refractivity contribution in [3.63, 3.8) is 0 Å². The van der Waals surface area contributed by atoms with E-state index in [1.165, 1.54) is 24.0 Å². The number of nitrogens with zero attached hydrogens (tertiary/aromatic N) is 1. The molecule has 142 valence electrons. The van der Waals surface area contributed by atoms with Crippen LogP contribution in [-0.4, -0.2) is 24.1 Å². The summed E-state index contributed by atoms with van der Waals surface area (Å²) in [5.41, 5.74) is 4.90. The van der Waals surface area contributed by atoms with E-state index in [0.29, 0.717) is 12.5 Å². The second-order valence-corrected chi connectivity index (χ2v) is 7.59. The summed E-state index contributed by atoms with van der Waals surface area (Å²) in [5.74, 6) is 0.577. The molecule has 1 aliphatic heterocycles. The van der Waals surface area contributed by atoms with Crippen LogP contribution in [0.3, 0.4) is 0 Å². The topological polar surface area (TPSA) is 41.6 Å². The monoisotopic (exact) mass is 364 g/mol. The number of carbonyl (C=O) groups is 1. The number of benzene rings is 2. The maximum Gasteiger partial charge on any atom is 0.410 e. The lowest BCUT2D eigenvalue weighted by atomic mass is 9.96. The van der Waals surface area contributed by atoms with Gasteiger partial charge in [-0.25, -0.2) is 4.79 Å². The van der Waals surface area contributed by atoms with Crippen molar-refractivity contribution >= 4 is 11.8 Å². The summed E-state index contributed by atoms with van der Waals surface area (Å²) in [6, 6.07) is 16.7. The van der Waals surface area contributed by atoms with E-state index in [2.05, 4.69) is 30.4 Å². The molecule has 0 spiro atoms. The lowest BCUT2D eigenvalue weighted by molar-refractivity contribution is 0.0694. The van der Waals surface area contributed by atoms with Gasteiger partial charge < -0.3 is 15.0 Å². The van der Waals surface area contributed by atoms with Gasteiger partial charge in [0.05, 0.1) is 6.04 Å². The molecule has 1 heterocycles. The molecule has 1 unspecified atom stereocenters. The second-order valence-electron chi connectivity index (χ2n) is 7.59. The highest BCUT2D eigenvalue weighted by Crippen LogP contribution is 2.49. The normalized spacial score (nSPS) is 20.3. The van der Waals surface area contributed by atoms with Crippen molar-refractivity contribution in [2.24, 2.45) is 0 Å². The number of rotatable bonds is 6.